The lowest BCUT2D eigenvalue weighted by molar-refractivity contribution is 0.590. The number of hydrogen-bond acceptors (Lipinski definition) is 8. The molecule has 0 spiro atoms. The van der Waals surface area contributed by atoms with Crippen LogP contribution < -0.4 is 24.5 Å². The zero-order valence-corrected chi connectivity index (χ0v) is 60.7. The Morgan fingerprint density at radius 3 is 1.27 bits per heavy atom. The molecule has 7 nitrogen and oxygen atoms in total. The standard InChI is InChI=1S/C96H74ClN5O2S/c1-95(2,3)65-42-47-70(48-43-65)101(73-34-24-33-72(56-73)99(75-51-53-89-82(57-75)79-35-18-21-38-87(79)103-89)76-52-54-92-83(58-76)80-36-20-23-40-91(80)105-92)85-60-77(98(67-27-10-7-11-28-67)74-46-41-63-25-16-17-26-64(63)55-74)61-86(94(85)97)102(71-49-44-66(45-50-71)96(4,5)6)78-59-84(93-81-37-19-22-39-88(81)104-90(93)62-78)100(68-29-12-8-13-30-68)69-31-14-9-15-32-69/h7-62H,1-6H3. The van der Waals surface area contributed by atoms with Crippen LogP contribution in [-0.2, 0) is 10.8 Å². The molecule has 9 heteroatoms. The number of halogens is 1. The zero-order valence-electron chi connectivity index (χ0n) is 59.2. The maximum Gasteiger partial charge on any atom is 0.139 e. The lowest BCUT2D eigenvalue weighted by Crippen LogP contribution is -2.18. The van der Waals surface area contributed by atoms with Crippen LogP contribution in [-0.4, -0.2) is 0 Å². The minimum atomic E-state index is -0.144. The Morgan fingerprint density at radius 2 is 0.638 bits per heavy atom. The summed E-state index contributed by atoms with van der Waals surface area (Å²) in [5, 5.41) is 9.29. The monoisotopic (exact) mass is 1400 g/mol. The Bertz CT molecular complexity index is 6140. The van der Waals surface area contributed by atoms with Crippen LogP contribution in [0.2, 0.25) is 5.02 Å². The van der Waals surface area contributed by atoms with Crippen LogP contribution in [0.15, 0.2) is 349 Å². The normalized spacial score (nSPS) is 12.0. The molecule has 105 heavy (non-hydrogen) atoms. The van der Waals surface area contributed by atoms with Gasteiger partial charge >= 0.3 is 0 Å². The van der Waals surface area contributed by atoms with Crippen molar-refractivity contribution < 1.29 is 8.83 Å². The third kappa shape index (κ3) is 11.9. The fourth-order valence-electron chi connectivity index (χ4n) is 15.1. The van der Waals surface area contributed by atoms with Gasteiger partial charge in [0, 0.05) is 99.3 Å². The lowest BCUT2D eigenvalue weighted by atomic mass is 9.87. The molecule has 0 fully saturated rings. The summed E-state index contributed by atoms with van der Waals surface area (Å²) in [6, 6.07) is 122. The van der Waals surface area contributed by atoms with Gasteiger partial charge in [0.15, 0.2) is 0 Å². The van der Waals surface area contributed by atoms with Gasteiger partial charge in [-0.2, -0.15) is 0 Å². The minimum Gasteiger partial charge on any atom is -0.456 e. The molecule has 18 aromatic rings. The van der Waals surface area contributed by atoms with Crippen molar-refractivity contribution in [1.29, 1.82) is 0 Å². The Kier molecular flexibility index (Phi) is 16.1. The average Bonchev–Trinajstić information content (AvgIpc) is 1.69. The number of thiophene rings is 1. The maximum absolute atomic E-state index is 8.85. The van der Waals surface area contributed by atoms with Gasteiger partial charge in [-0.05, 0) is 197 Å². The number of benzene rings is 15. The summed E-state index contributed by atoms with van der Waals surface area (Å²) < 4.78 is 16.1. The van der Waals surface area contributed by atoms with E-state index in [0.29, 0.717) is 5.02 Å². The Labute approximate surface area is 620 Å². The van der Waals surface area contributed by atoms with Crippen LogP contribution in [0.3, 0.4) is 0 Å². The highest BCUT2D eigenvalue weighted by Gasteiger charge is 2.31. The third-order valence-electron chi connectivity index (χ3n) is 20.3. The van der Waals surface area contributed by atoms with Crippen LogP contribution >= 0.6 is 22.9 Å². The van der Waals surface area contributed by atoms with Crippen molar-refractivity contribution in [3.05, 3.63) is 356 Å². The molecule has 0 aliphatic rings. The Morgan fingerprint density at radius 1 is 0.248 bits per heavy atom. The van der Waals surface area contributed by atoms with E-state index in [0.717, 1.165) is 140 Å². The van der Waals surface area contributed by atoms with E-state index in [4.69, 9.17) is 20.4 Å². The lowest BCUT2D eigenvalue weighted by Gasteiger charge is -2.35. The molecule has 18 rings (SSSR count). The van der Waals surface area contributed by atoms with Crippen LogP contribution in [0.25, 0.3) is 74.8 Å². The van der Waals surface area contributed by atoms with Gasteiger partial charge in [-0.25, -0.2) is 0 Å². The number of fused-ring (bicyclic) bond motifs is 10. The van der Waals surface area contributed by atoms with Gasteiger partial charge in [-0.15, -0.1) is 11.3 Å². The number of nitrogens with zero attached hydrogens (tertiary/aromatic N) is 5. The van der Waals surface area contributed by atoms with Crippen molar-refractivity contribution in [2.45, 2.75) is 52.4 Å². The molecular weight excluding hydrogens is 1320 g/mol. The first-order chi connectivity index (χ1) is 51.2. The van der Waals surface area contributed by atoms with Crippen molar-refractivity contribution in [3.8, 4) is 0 Å². The molecule has 0 saturated heterocycles. The number of rotatable bonds is 15. The molecule has 3 heterocycles. The van der Waals surface area contributed by atoms with E-state index < -0.39 is 0 Å². The zero-order chi connectivity index (χ0) is 71.1. The van der Waals surface area contributed by atoms with Gasteiger partial charge in [0.05, 0.1) is 38.8 Å². The predicted octanol–water partition coefficient (Wildman–Crippen LogP) is 29.6. The first-order valence-corrected chi connectivity index (χ1v) is 37.0. The topological polar surface area (TPSA) is 42.5 Å². The number of hydrogen-bond donors (Lipinski definition) is 0. The predicted molar refractivity (Wildman–Crippen MR) is 447 cm³/mol. The highest BCUT2D eigenvalue weighted by molar-refractivity contribution is 7.25. The van der Waals surface area contributed by atoms with Gasteiger partial charge in [-0.3, -0.25) is 0 Å². The summed E-state index contributed by atoms with van der Waals surface area (Å²) in [6.07, 6.45) is 0. The maximum atomic E-state index is 8.85. The molecule has 0 atom stereocenters. The van der Waals surface area contributed by atoms with Crippen molar-refractivity contribution >= 4 is 183 Å². The molecule has 0 N–H and O–H groups in total. The largest absolute Gasteiger partial charge is 0.456 e. The van der Waals surface area contributed by atoms with Crippen LogP contribution in [0.4, 0.5) is 85.3 Å². The fourth-order valence-corrected chi connectivity index (χ4v) is 16.4. The van der Waals surface area contributed by atoms with Gasteiger partial charge in [0.2, 0.25) is 0 Å². The van der Waals surface area contributed by atoms with E-state index in [1.54, 1.807) is 0 Å². The summed E-state index contributed by atoms with van der Waals surface area (Å²) in [4.78, 5) is 11.8. The summed E-state index contributed by atoms with van der Waals surface area (Å²) in [6.45, 7) is 13.6. The van der Waals surface area contributed by atoms with Crippen LogP contribution in [0.1, 0.15) is 52.7 Å². The summed E-state index contributed by atoms with van der Waals surface area (Å²) in [5.41, 5.74) is 19.0. The molecule has 0 saturated carbocycles. The molecule has 0 unspecified atom stereocenters. The van der Waals surface area contributed by atoms with Crippen molar-refractivity contribution in [2.75, 3.05) is 24.5 Å². The molecule has 0 amide bonds. The van der Waals surface area contributed by atoms with Crippen LogP contribution in [0.5, 0.6) is 0 Å². The van der Waals surface area contributed by atoms with Gasteiger partial charge < -0.3 is 33.3 Å². The van der Waals surface area contributed by atoms with Crippen molar-refractivity contribution in [2.24, 2.45) is 0 Å². The van der Waals surface area contributed by atoms with Gasteiger partial charge in [-0.1, -0.05) is 223 Å². The molecule has 0 radical (unpaired) electrons. The molecule has 3 aromatic heterocycles. The molecule has 0 bridgehead atoms. The van der Waals surface area contributed by atoms with Gasteiger partial charge in [0.25, 0.3) is 0 Å². The summed E-state index contributed by atoms with van der Waals surface area (Å²) in [7, 11) is 0. The second-order valence-corrected chi connectivity index (χ2v) is 30.6. The van der Waals surface area contributed by atoms with E-state index >= 15 is 0 Å². The van der Waals surface area contributed by atoms with E-state index in [9.17, 15) is 0 Å². The molecule has 0 aliphatic carbocycles. The fraction of sp³-hybridized carbons (Fsp3) is 0.0833. The van der Waals surface area contributed by atoms with E-state index in [1.807, 2.05) is 29.5 Å². The Hall–Kier alpha value is -12.3. The molecule has 15 aromatic carbocycles. The van der Waals surface area contributed by atoms with E-state index in [1.165, 1.54) is 31.3 Å². The summed E-state index contributed by atoms with van der Waals surface area (Å²) >= 11 is 10.7. The minimum absolute atomic E-state index is 0.139. The van der Waals surface area contributed by atoms with E-state index in [2.05, 4.69) is 388 Å². The first kappa shape index (κ1) is 64.7. The second-order valence-electron chi connectivity index (χ2n) is 29.1. The first-order valence-electron chi connectivity index (χ1n) is 35.8. The second kappa shape index (κ2) is 26.2. The highest BCUT2D eigenvalue weighted by atomic mass is 35.5. The van der Waals surface area contributed by atoms with Crippen molar-refractivity contribution in [3.63, 3.8) is 0 Å². The third-order valence-corrected chi connectivity index (χ3v) is 21.8. The van der Waals surface area contributed by atoms with E-state index in [-0.39, 0.29) is 10.8 Å². The number of para-hydroxylation sites is 5. The number of furan rings is 2. The SMILES string of the molecule is CC(C)(C)c1ccc(N(c2cccc(N(c3ccc4oc5ccccc5c4c3)c3ccc4sc5ccccc5c4c3)c2)c2cc(N(c3ccccc3)c3ccc4ccccc4c3)cc(N(c3ccc(C(C)(C)C)cc3)c3cc(N(c4ccccc4)c4ccccc4)c4c(c3)oc3ccccc34)c2Cl)cc1. The highest BCUT2D eigenvalue weighted by Crippen LogP contribution is 2.55. The molecule has 508 valence electrons. The quantitative estimate of drug-likeness (QED) is 0.101. The molecule has 0 aliphatic heterocycles. The van der Waals surface area contributed by atoms with Crippen molar-refractivity contribution in [1.82, 2.24) is 0 Å². The van der Waals surface area contributed by atoms with Gasteiger partial charge in [0.1, 0.15) is 22.3 Å². The average molecular weight is 1400 g/mol. The smallest absolute Gasteiger partial charge is 0.139 e. The summed E-state index contributed by atoms with van der Waals surface area (Å²) in [5.74, 6) is 0. The number of anilines is 15. The molecular formula is C96H74ClN5O2S. The van der Waals surface area contributed by atoms with Crippen LogP contribution in [0, 0.1) is 0 Å². The Balaban J connectivity index is 0.935.